The Hall–Kier alpha value is -1.46. The van der Waals surface area contributed by atoms with Crippen molar-refractivity contribution in [1.29, 1.82) is 0 Å². The van der Waals surface area contributed by atoms with Crippen molar-refractivity contribution in [2.75, 3.05) is 18.4 Å². The molecule has 0 spiro atoms. The van der Waals surface area contributed by atoms with Crippen LogP contribution in [0.5, 0.6) is 0 Å². The first-order valence-electron chi connectivity index (χ1n) is 5.81. The maximum Gasteiger partial charge on any atom is 0.159 e. The molecule has 0 amide bonds. The topological polar surface area (TPSA) is 63.8 Å². The zero-order valence-electron chi connectivity index (χ0n) is 9.94. The molecule has 0 saturated carbocycles. The van der Waals surface area contributed by atoms with E-state index in [4.69, 9.17) is 5.73 Å². The summed E-state index contributed by atoms with van der Waals surface area (Å²) >= 11 is 3.44. The van der Waals surface area contributed by atoms with E-state index in [0.29, 0.717) is 6.54 Å². The van der Waals surface area contributed by atoms with Crippen LogP contribution in [0.4, 0.5) is 5.69 Å². The van der Waals surface area contributed by atoms with Crippen molar-refractivity contribution in [3.05, 3.63) is 41.1 Å². The fourth-order valence-electron chi connectivity index (χ4n) is 1.53. The van der Waals surface area contributed by atoms with E-state index < -0.39 is 0 Å². The van der Waals surface area contributed by atoms with Gasteiger partial charge in [-0.25, -0.2) is 9.97 Å². The van der Waals surface area contributed by atoms with E-state index in [2.05, 4.69) is 31.2 Å². The van der Waals surface area contributed by atoms with E-state index in [1.54, 1.807) is 12.4 Å². The van der Waals surface area contributed by atoms with Crippen LogP contribution >= 0.6 is 15.9 Å². The summed E-state index contributed by atoms with van der Waals surface area (Å²) in [5.41, 5.74) is 7.35. The minimum absolute atomic E-state index is 0.685. The molecule has 0 bridgehead atoms. The number of aromatic nitrogens is 2. The van der Waals surface area contributed by atoms with Gasteiger partial charge in [0.2, 0.25) is 0 Å². The molecule has 2 rings (SSSR count). The Balaban J connectivity index is 2.07. The second-order valence-corrected chi connectivity index (χ2v) is 4.79. The molecule has 0 aliphatic carbocycles. The van der Waals surface area contributed by atoms with Gasteiger partial charge in [0.15, 0.2) is 5.82 Å². The third-order valence-electron chi connectivity index (χ3n) is 2.44. The third-order valence-corrected chi connectivity index (χ3v) is 2.94. The summed E-state index contributed by atoms with van der Waals surface area (Å²) in [6, 6.07) is 7.93. The van der Waals surface area contributed by atoms with Gasteiger partial charge in [-0.1, -0.05) is 28.1 Å². The minimum Gasteiger partial charge on any atom is -0.383 e. The molecule has 1 aromatic carbocycles. The van der Waals surface area contributed by atoms with Gasteiger partial charge in [-0.3, -0.25) is 0 Å². The van der Waals surface area contributed by atoms with Crippen molar-refractivity contribution in [2.45, 2.75) is 6.42 Å². The first-order valence-corrected chi connectivity index (χ1v) is 6.61. The number of hydrogen-bond donors (Lipinski definition) is 2. The van der Waals surface area contributed by atoms with Crippen molar-refractivity contribution >= 4 is 21.6 Å². The lowest BCUT2D eigenvalue weighted by Crippen LogP contribution is -2.08. The van der Waals surface area contributed by atoms with Crippen LogP contribution in [0.25, 0.3) is 11.4 Å². The fourth-order valence-corrected chi connectivity index (χ4v) is 1.93. The highest BCUT2D eigenvalue weighted by Gasteiger charge is 2.01. The molecule has 1 aromatic heterocycles. The Morgan fingerprint density at radius 2 is 2.00 bits per heavy atom. The van der Waals surface area contributed by atoms with Crippen molar-refractivity contribution in [1.82, 2.24) is 9.97 Å². The molecule has 0 aliphatic heterocycles. The van der Waals surface area contributed by atoms with Crippen LogP contribution in [0, 0.1) is 0 Å². The predicted octanol–water partition coefficient (Wildman–Crippen LogP) is 2.67. The number of nitrogens with two attached hydrogens (primary N) is 1. The van der Waals surface area contributed by atoms with E-state index >= 15 is 0 Å². The third kappa shape index (κ3) is 3.51. The molecule has 1 heterocycles. The average Bonchev–Trinajstić information content (AvgIpc) is 2.40. The van der Waals surface area contributed by atoms with Gasteiger partial charge >= 0.3 is 0 Å². The van der Waals surface area contributed by atoms with E-state index in [1.165, 1.54) is 0 Å². The highest BCUT2D eigenvalue weighted by Crippen LogP contribution is 2.19. The molecule has 4 nitrogen and oxygen atoms in total. The number of nitrogens with one attached hydrogen (secondary N) is 1. The summed E-state index contributed by atoms with van der Waals surface area (Å²) < 4.78 is 1.02. The molecule has 2 aromatic rings. The molecule has 3 N–H and O–H groups in total. The van der Waals surface area contributed by atoms with Crippen LogP contribution in [0.15, 0.2) is 41.1 Å². The number of rotatable bonds is 5. The van der Waals surface area contributed by atoms with Gasteiger partial charge in [0.25, 0.3) is 0 Å². The lowest BCUT2D eigenvalue weighted by Gasteiger charge is -2.05. The molecule has 94 valence electrons. The zero-order valence-corrected chi connectivity index (χ0v) is 11.5. The van der Waals surface area contributed by atoms with Gasteiger partial charge in [0, 0.05) is 16.6 Å². The maximum atomic E-state index is 5.43. The lowest BCUT2D eigenvalue weighted by molar-refractivity contribution is 0.872. The lowest BCUT2D eigenvalue weighted by atomic mass is 10.2. The average molecular weight is 307 g/mol. The van der Waals surface area contributed by atoms with Crippen LogP contribution in [0.3, 0.4) is 0 Å². The molecule has 0 saturated heterocycles. The van der Waals surface area contributed by atoms with Gasteiger partial charge in [-0.2, -0.15) is 0 Å². The van der Waals surface area contributed by atoms with Crippen molar-refractivity contribution in [3.63, 3.8) is 0 Å². The molecule has 0 fully saturated rings. The standard InChI is InChI=1S/C13H15BrN4/c14-11-4-1-3-10(7-11)13-17-8-12(9-18-13)16-6-2-5-15/h1,3-4,7-9,16H,2,5-6,15H2. The summed E-state index contributed by atoms with van der Waals surface area (Å²) in [6.07, 6.45) is 4.52. The molecule has 0 aliphatic rings. The van der Waals surface area contributed by atoms with Crippen LogP contribution in [-0.2, 0) is 0 Å². The van der Waals surface area contributed by atoms with E-state index in [-0.39, 0.29) is 0 Å². The molecule has 0 atom stereocenters. The Morgan fingerprint density at radius 1 is 1.22 bits per heavy atom. The predicted molar refractivity (Wildman–Crippen MR) is 77.3 cm³/mol. The monoisotopic (exact) mass is 306 g/mol. The number of hydrogen-bond acceptors (Lipinski definition) is 4. The number of halogens is 1. The maximum absolute atomic E-state index is 5.43. The van der Waals surface area contributed by atoms with Crippen LogP contribution in [0.2, 0.25) is 0 Å². The van der Waals surface area contributed by atoms with Gasteiger partial charge in [-0.15, -0.1) is 0 Å². The normalized spacial score (nSPS) is 10.3. The van der Waals surface area contributed by atoms with Gasteiger partial charge < -0.3 is 11.1 Å². The summed E-state index contributed by atoms with van der Waals surface area (Å²) in [5.74, 6) is 0.723. The summed E-state index contributed by atoms with van der Waals surface area (Å²) in [4.78, 5) is 8.69. The number of anilines is 1. The van der Waals surface area contributed by atoms with Gasteiger partial charge in [0.05, 0.1) is 18.1 Å². The Kier molecular flexibility index (Phi) is 4.66. The quantitative estimate of drug-likeness (QED) is 0.834. The first-order chi connectivity index (χ1) is 8.79. The molecule has 18 heavy (non-hydrogen) atoms. The molecular weight excluding hydrogens is 292 g/mol. The van der Waals surface area contributed by atoms with Gasteiger partial charge in [0.1, 0.15) is 0 Å². The van der Waals surface area contributed by atoms with Crippen molar-refractivity contribution in [3.8, 4) is 11.4 Å². The summed E-state index contributed by atoms with van der Waals surface area (Å²) in [6.45, 7) is 1.53. The second kappa shape index (κ2) is 6.47. The van der Waals surface area contributed by atoms with Crippen LogP contribution in [0.1, 0.15) is 6.42 Å². The molecule has 0 radical (unpaired) electrons. The Labute approximate surface area is 115 Å². The first kappa shape index (κ1) is 13.0. The molecule has 5 heteroatoms. The SMILES string of the molecule is NCCCNc1cnc(-c2cccc(Br)c2)nc1. The Bertz CT molecular complexity index is 499. The highest BCUT2D eigenvalue weighted by molar-refractivity contribution is 9.10. The van der Waals surface area contributed by atoms with E-state index in [9.17, 15) is 0 Å². The van der Waals surface area contributed by atoms with E-state index in [0.717, 1.165) is 34.5 Å². The smallest absolute Gasteiger partial charge is 0.159 e. The zero-order chi connectivity index (χ0) is 12.8. The van der Waals surface area contributed by atoms with Crippen molar-refractivity contribution in [2.24, 2.45) is 5.73 Å². The van der Waals surface area contributed by atoms with Crippen LogP contribution in [-0.4, -0.2) is 23.1 Å². The summed E-state index contributed by atoms with van der Waals surface area (Å²) in [7, 11) is 0. The number of benzene rings is 1. The van der Waals surface area contributed by atoms with Crippen LogP contribution < -0.4 is 11.1 Å². The minimum atomic E-state index is 0.685. The highest BCUT2D eigenvalue weighted by atomic mass is 79.9. The second-order valence-electron chi connectivity index (χ2n) is 3.87. The van der Waals surface area contributed by atoms with Gasteiger partial charge in [-0.05, 0) is 25.1 Å². The number of nitrogens with zero attached hydrogens (tertiary/aromatic N) is 2. The summed E-state index contributed by atoms with van der Waals surface area (Å²) in [5, 5.41) is 3.22. The largest absolute Gasteiger partial charge is 0.383 e. The molecule has 0 unspecified atom stereocenters. The van der Waals surface area contributed by atoms with E-state index in [1.807, 2.05) is 24.3 Å². The molecular formula is C13H15BrN4. The Morgan fingerprint density at radius 3 is 2.67 bits per heavy atom. The fraction of sp³-hybridized carbons (Fsp3) is 0.231. The van der Waals surface area contributed by atoms with Crippen molar-refractivity contribution < 1.29 is 0 Å².